The summed E-state index contributed by atoms with van der Waals surface area (Å²) in [6.45, 7) is 6.94. The van der Waals surface area contributed by atoms with E-state index >= 15 is 0 Å². The summed E-state index contributed by atoms with van der Waals surface area (Å²) in [5.41, 5.74) is 7.06. The zero-order valence-corrected chi connectivity index (χ0v) is 11.3. The molecule has 1 heterocycles. The average Bonchev–Trinajstić information content (AvgIpc) is 2.61. The van der Waals surface area contributed by atoms with Crippen LogP contribution >= 0.6 is 0 Å². The molecule has 1 aliphatic heterocycles. The van der Waals surface area contributed by atoms with E-state index in [2.05, 4.69) is 30.0 Å². The zero-order valence-electron chi connectivity index (χ0n) is 11.3. The van der Waals surface area contributed by atoms with E-state index in [4.69, 9.17) is 10.5 Å². The molecule has 1 aliphatic rings. The van der Waals surface area contributed by atoms with Gasteiger partial charge in [-0.25, -0.2) is 0 Å². The summed E-state index contributed by atoms with van der Waals surface area (Å²) >= 11 is 0. The summed E-state index contributed by atoms with van der Waals surface area (Å²) in [7, 11) is 0. The van der Waals surface area contributed by atoms with Gasteiger partial charge in [0.2, 0.25) is 0 Å². The van der Waals surface area contributed by atoms with Gasteiger partial charge in [-0.05, 0) is 31.5 Å². The Morgan fingerprint density at radius 3 is 3.00 bits per heavy atom. The van der Waals surface area contributed by atoms with Gasteiger partial charge in [0.1, 0.15) is 12.4 Å². The van der Waals surface area contributed by atoms with Crippen LogP contribution in [0, 0.1) is 5.92 Å². The fourth-order valence-electron chi connectivity index (χ4n) is 2.42. The summed E-state index contributed by atoms with van der Waals surface area (Å²) in [5, 5.41) is 0. The van der Waals surface area contributed by atoms with Gasteiger partial charge in [0.05, 0.1) is 0 Å². The van der Waals surface area contributed by atoms with Crippen molar-refractivity contribution >= 4 is 0 Å². The third kappa shape index (κ3) is 3.47. The predicted molar refractivity (Wildman–Crippen MR) is 74.7 cm³/mol. The molecule has 0 aromatic heterocycles. The first-order valence-electron chi connectivity index (χ1n) is 6.96. The van der Waals surface area contributed by atoms with Crippen LogP contribution in [0.15, 0.2) is 24.3 Å². The third-order valence-electron chi connectivity index (χ3n) is 3.80. The van der Waals surface area contributed by atoms with Crippen molar-refractivity contribution < 1.29 is 4.74 Å². The molecule has 1 aromatic rings. The summed E-state index contributed by atoms with van der Waals surface area (Å²) in [4.78, 5) is 2.48. The molecule has 18 heavy (non-hydrogen) atoms. The Hall–Kier alpha value is -1.06. The van der Waals surface area contributed by atoms with E-state index in [0.29, 0.717) is 5.92 Å². The molecule has 0 bridgehead atoms. The Morgan fingerprint density at radius 2 is 2.22 bits per heavy atom. The minimum absolute atomic E-state index is 0.657. The van der Waals surface area contributed by atoms with E-state index in [9.17, 15) is 0 Å². The van der Waals surface area contributed by atoms with E-state index in [1.165, 1.54) is 18.4 Å². The Balaban J connectivity index is 1.91. The van der Waals surface area contributed by atoms with Crippen molar-refractivity contribution in [2.24, 2.45) is 11.7 Å². The quantitative estimate of drug-likeness (QED) is 0.868. The van der Waals surface area contributed by atoms with E-state index in [1.807, 2.05) is 6.07 Å². The molecule has 1 aromatic carbocycles. The van der Waals surface area contributed by atoms with Gasteiger partial charge in [-0.1, -0.05) is 31.5 Å². The second-order valence-corrected chi connectivity index (χ2v) is 5.03. The highest BCUT2D eigenvalue weighted by atomic mass is 16.5. The number of rotatable bonds is 5. The lowest BCUT2D eigenvalue weighted by Crippen LogP contribution is -2.29. The van der Waals surface area contributed by atoms with Gasteiger partial charge in [0, 0.05) is 18.7 Å². The number of fused-ring (bicyclic) bond motifs is 1. The lowest BCUT2D eigenvalue weighted by Gasteiger charge is -2.22. The Labute approximate surface area is 110 Å². The lowest BCUT2D eigenvalue weighted by atomic mass is 10.0. The first-order valence-corrected chi connectivity index (χ1v) is 6.96. The second kappa shape index (κ2) is 6.76. The molecule has 0 fully saturated rings. The highest BCUT2D eigenvalue weighted by Crippen LogP contribution is 2.22. The standard InChI is InChI=1S/C15H24N2O/c1-2-13(11-16)7-8-17-9-10-18-15-6-4-3-5-14(15)12-17/h3-6,13H,2,7-12,16H2,1H3. The van der Waals surface area contributed by atoms with Gasteiger partial charge < -0.3 is 10.5 Å². The van der Waals surface area contributed by atoms with Crippen molar-refractivity contribution in [1.82, 2.24) is 4.90 Å². The lowest BCUT2D eigenvalue weighted by molar-refractivity contribution is 0.213. The molecule has 0 aliphatic carbocycles. The number of nitrogens with two attached hydrogens (primary N) is 1. The highest BCUT2D eigenvalue weighted by Gasteiger charge is 2.15. The number of nitrogens with zero attached hydrogens (tertiary/aromatic N) is 1. The number of benzene rings is 1. The van der Waals surface area contributed by atoms with Crippen LogP contribution in [0.4, 0.5) is 0 Å². The van der Waals surface area contributed by atoms with Crippen LogP contribution < -0.4 is 10.5 Å². The van der Waals surface area contributed by atoms with Crippen LogP contribution in [-0.2, 0) is 6.54 Å². The minimum atomic E-state index is 0.657. The summed E-state index contributed by atoms with van der Waals surface area (Å²) < 4.78 is 5.77. The molecule has 2 rings (SSSR count). The maximum Gasteiger partial charge on any atom is 0.123 e. The van der Waals surface area contributed by atoms with Crippen molar-refractivity contribution in [2.75, 3.05) is 26.2 Å². The fraction of sp³-hybridized carbons (Fsp3) is 0.600. The van der Waals surface area contributed by atoms with Crippen LogP contribution in [0.25, 0.3) is 0 Å². The van der Waals surface area contributed by atoms with E-state index < -0.39 is 0 Å². The smallest absolute Gasteiger partial charge is 0.123 e. The SMILES string of the molecule is CCC(CN)CCN1CCOc2ccccc2C1. The third-order valence-corrected chi connectivity index (χ3v) is 3.80. The number of para-hydroxylation sites is 1. The number of hydrogen-bond acceptors (Lipinski definition) is 3. The van der Waals surface area contributed by atoms with Crippen molar-refractivity contribution in [3.8, 4) is 5.75 Å². The molecule has 0 spiro atoms. The number of ether oxygens (including phenoxy) is 1. The van der Waals surface area contributed by atoms with Crippen molar-refractivity contribution in [3.63, 3.8) is 0 Å². The Bertz CT molecular complexity index is 363. The molecular formula is C15H24N2O. The molecule has 0 saturated carbocycles. The first kappa shape index (κ1) is 13.4. The number of hydrogen-bond donors (Lipinski definition) is 1. The fourth-order valence-corrected chi connectivity index (χ4v) is 2.42. The van der Waals surface area contributed by atoms with E-state index in [0.717, 1.165) is 38.5 Å². The zero-order chi connectivity index (χ0) is 12.8. The van der Waals surface area contributed by atoms with Gasteiger partial charge in [0.15, 0.2) is 0 Å². The van der Waals surface area contributed by atoms with E-state index in [-0.39, 0.29) is 0 Å². The molecule has 100 valence electrons. The van der Waals surface area contributed by atoms with Gasteiger partial charge in [0.25, 0.3) is 0 Å². The van der Waals surface area contributed by atoms with Crippen LogP contribution in [0.3, 0.4) is 0 Å². The predicted octanol–water partition coefficient (Wildman–Crippen LogP) is 2.26. The summed E-state index contributed by atoms with van der Waals surface area (Å²) in [5.74, 6) is 1.70. The van der Waals surface area contributed by atoms with Crippen molar-refractivity contribution in [1.29, 1.82) is 0 Å². The van der Waals surface area contributed by atoms with E-state index in [1.54, 1.807) is 0 Å². The van der Waals surface area contributed by atoms with Crippen LogP contribution in [0.2, 0.25) is 0 Å². The molecule has 0 radical (unpaired) electrons. The molecule has 3 nitrogen and oxygen atoms in total. The maximum atomic E-state index is 5.77. The monoisotopic (exact) mass is 248 g/mol. The maximum absolute atomic E-state index is 5.77. The molecule has 2 N–H and O–H groups in total. The molecule has 1 atom stereocenters. The minimum Gasteiger partial charge on any atom is -0.492 e. The van der Waals surface area contributed by atoms with Gasteiger partial charge >= 0.3 is 0 Å². The first-order chi connectivity index (χ1) is 8.83. The normalized spacial score (nSPS) is 17.7. The van der Waals surface area contributed by atoms with Gasteiger partial charge in [-0.3, -0.25) is 4.90 Å². The van der Waals surface area contributed by atoms with Crippen LogP contribution in [-0.4, -0.2) is 31.1 Å². The van der Waals surface area contributed by atoms with Gasteiger partial charge in [-0.15, -0.1) is 0 Å². The van der Waals surface area contributed by atoms with Crippen molar-refractivity contribution in [3.05, 3.63) is 29.8 Å². The van der Waals surface area contributed by atoms with Crippen LogP contribution in [0.5, 0.6) is 5.75 Å². The van der Waals surface area contributed by atoms with Crippen molar-refractivity contribution in [2.45, 2.75) is 26.3 Å². The largest absolute Gasteiger partial charge is 0.492 e. The second-order valence-electron chi connectivity index (χ2n) is 5.03. The van der Waals surface area contributed by atoms with Gasteiger partial charge in [-0.2, -0.15) is 0 Å². The molecule has 1 unspecified atom stereocenters. The topological polar surface area (TPSA) is 38.5 Å². The molecule has 0 saturated heterocycles. The summed E-state index contributed by atoms with van der Waals surface area (Å²) in [6.07, 6.45) is 2.37. The Kier molecular flexibility index (Phi) is 5.02. The molecule has 3 heteroatoms. The van der Waals surface area contributed by atoms with Crippen LogP contribution in [0.1, 0.15) is 25.3 Å². The summed E-state index contributed by atoms with van der Waals surface area (Å²) in [6, 6.07) is 8.35. The highest BCUT2D eigenvalue weighted by molar-refractivity contribution is 5.33. The molecule has 0 amide bonds. The molecular weight excluding hydrogens is 224 g/mol. The average molecular weight is 248 g/mol. The Morgan fingerprint density at radius 1 is 1.39 bits per heavy atom.